The van der Waals surface area contributed by atoms with E-state index < -0.39 is 0 Å². The SMILES string of the molecule is CCCCC(C)Nc1ccc(CC#N)cc1. The average Bonchev–Trinajstić information content (AvgIpc) is 2.29. The second kappa shape index (κ2) is 6.90. The summed E-state index contributed by atoms with van der Waals surface area (Å²) >= 11 is 0. The van der Waals surface area contributed by atoms with Gasteiger partial charge in [0.1, 0.15) is 0 Å². The van der Waals surface area contributed by atoms with Crippen molar-refractivity contribution in [3.8, 4) is 6.07 Å². The lowest BCUT2D eigenvalue weighted by molar-refractivity contribution is 0.645. The van der Waals surface area contributed by atoms with Gasteiger partial charge in [-0.1, -0.05) is 31.9 Å². The molecule has 0 saturated carbocycles. The van der Waals surface area contributed by atoms with Crippen LogP contribution in [0.25, 0.3) is 0 Å². The highest BCUT2D eigenvalue weighted by Gasteiger charge is 2.01. The normalized spacial score (nSPS) is 11.8. The molecule has 0 aliphatic heterocycles. The minimum absolute atomic E-state index is 0.492. The zero-order chi connectivity index (χ0) is 11.8. The Hall–Kier alpha value is -1.49. The Morgan fingerprint density at radius 3 is 2.56 bits per heavy atom. The first-order valence-corrected chi connectivity index (χ1v) is 5.98. The molecular weight excluding hydrogens is 196 g/mol. The Bertz CT molecular complexity index is 335. The Morgan fingerprint density at radius 2 is 2.00 bits per heavy atom. The summed E-state index contributed by atoms with van der Waals surface area (Å²) in [5.74, 6) is 0. The largest absolute Gasteiger partial charge is 0.383 e. The molecule has 1 aromatic carbocycles. The fraction of sp³-hybridized carbons (Fsp3) is 0.500. The molecule has 1 atom stereocenters. The number of benzene rings is 1. The third kappa shape index (κ3) is 4.35. The topological polar surface area (TPSA) is 35.8 Å². The summed E-state index contributed by atoms with van der Waals surface area (Å²) < 4.78 is 0. The lowest BCUT2D eigenvalue weighted by Crippen LogP contribution is -2.14. The number of nitrogens with one attached hydrogen (secondary N) is 1. The van der Waals surface area contributed by atoms with Crippen molar-refractivity contribution in [3.05, 3.63) is 29.8 Å². The van der Waals surface area contributed by atoms with E-state index in [4.69, 9.17) is 5.26 Å². The maximum Gasteiger partial charge on any atom is 0.0669 e. The van der Waals surface area contributed by atoms with Crippen molar-refractivity contribution in [3.63, 3.8) is 0 Å². The van der Waals surface area contributed by atoms with Gasteiger partial charge in [0, 0.05) is 11.7 Å². The predicted molar refractivity (Wildman–Crippen MR) is 68.4 cm³/mol. The summed E-state index contributed by atoms with van der Waals surface area (Å²) in [6.45, 7) is 4.42. The Balaban J connectivity index is 2.45. The standard InChI is InChI=1S/C14H20N2/c1-3-4-5-12(2)16-14-8-6-13(7-9-14)10-11-15/h6-9,12,16H,3-5,10H2,1-2H3. The number of anilines is 1. The van der Waals surface area contributed by atoms with Crippen molar-refractivity contribution >= 4 is 5.69 Å². The van der Waals surface area contributed by atoms with Crippen LogP contribution in [0.5, 0.6) is 0 Å². The molecule has 1 rings (SSSR count). The van der Waals surface area contributed by atoms with Crippen molar-refractivity contribution in [2.24, 2.45) is 0 Å². The highest BCUT2D eigenvalue weighted by atomic mass is 14.9. The molecule has 0 aliphatic rings. The molecule has 0 amide bonds. The van der Waals surface area contributed by atoms with E-state index in [9.17, 15) is 0 Å². The second-order valence-electron chi connectivity index (χ2n) is 4.22. The molecule has 86 valence electrons. The quantitative estimate of drug-likeness (QED) is 0.786. The van der Waals surface area contributed by atoms with Gasteiger partial charge in [0.15, 0.2) is 0 Å². The van der Waals surface area contributed by atoms with Gasteiger partial charge in [-0.25, -0.2) is 0 Å². The van der Waals surface area contributed by atoms with Gasteiger partial charge in [-0.2, -0.15) is 5.26 Å². The first-order valence-electron chi connectivity index (χ1n) is 5.98. The van der Waals surface area contributed by atoms with Crippen LogP contribution < -0.4 is 5.32 Å². The number of nitrogens with zero attached hydrogens (tertiary/aromatic N) is 1. The third-order valence-corrected chi connectivity index (χ3v) is 2.64. The Kier molecular flexibility index (Phi) is 5.42. The lowest BCUT2D eigenvalue weighted by atomic mass is 10.1. The zero-order valence-electron chi connectivity index (χ0n) is 10.2. The van der Waals surface area contributed by atoms with E-state index >= 15 is 0 Å². The van der Waals surface area contributed by atoms with E-state index in [2.05, 4.69) is 37.4 Å². The molecule has 0 radical (unpaired) electrons. The summed E-state index contributed by atoms with van der Waals surface area (Å²) in [5.41, 5.74) is 2.22. The molecule has 2 heteroatoms. The third-order valence-electron chi connectivity index (χ3n) is 2.64. The molecule has 0 bridgehead atoms. The van der Waals surface area contributed by atoms with Crippen LogP contribution in [-0.2, 0) is 6.42 Å². The summed E-state index contributed by atoms with van der Waals surface area (Å²) in [7, 11) is 0. The van der Waals surface area contributed by atoms with E-state index in [-0.39, 0.29) is 0 Å². The van der Waals surface area contributed by atoms with Crippen LogP contribution in [0.3, 0.4) is 0 Å². The van der Waals surface area contributed by atoms with Crippen LogP contribution in [0, 0.1) is 11.3 Å². The monoisotopic (exact) mass is 216 g/mol. The van der Waals surface area contributed by atoms with Gasteiger partial charge in [-0.15, -0.1) is 0 Å². The second-order valence-corrected chi connectivity index (χ2v) is 4.22. The average molecular weight is 216 g/mol. The molecule has 2 nitrogen and oxygen atoms in total. The predicted octanol–water partition coefficient (Wildman–Crippen LogP) is 3.74. The van der Waals surface area contributed by atoms with Crippen molar-refractivity contribution in [2.45, 2.75) is 45.6 Å². The van der Waals surface area contributed by atoms with Gasteiger partial charge in [-0.05, 0) is 31.0 Å². The van der Waals surface area contributed by atoms with Gasteiger partial charge in [0.25, 0.3) is 0 Å². The van der Waals surface area contributed by atoms with Crippen molar-refractivity contribution in [1.82, 2.24) is 0 Å². The summed E-state index contributed by atoms with van der Waals surface area (Å²) in [5, 5.41) is 12.0. The molecule has 0 aliphatic carbocycles. The van der Waals surface area contributed by atoms with Gasteiger partial charge in [-0.3, -0.25) is 0 Å². The number of unbranched alkanes of at least 4 members (excludes halogenated alkanes) is 1. The van der Waals surface area contributed by atoms with Gasteiger partial charge in [0.2, 0.25) is 0 Å². The maximum atomic E-state index is 8.57. The number of nitriles is 1. The lowest BCUT2D eigenvalue weighted by Gasteiger charge is -2.14. The van der Waals surface area contributed by atoms with Gasteiger partial charge in [0.05, 0.1) is 12.5 Å². The molecule has 0 aromatic heterocycles. The minimum atomic E-state index is 0.492. The van der Waals surface area contributed by atoms with Crippen LogP contribution in [-0.4, -0.2) is 6.04 Å². The maximum absolute atomic E-state index is 8.57. The first kappa shape index (κ1) is 12.6. The van der Waals surface area contributed by atoms with Crippen molar-refractivity contribution < 1.29 is 0 Å². The molecule has 0 saturated heterocycles. The van der Waals surface area contributed by atoms with Crippen molar-refractivity contribution in [1.29, 1.82) is 5.26 Å². The molecule has 1 N–H and O–H groups in total. The first-order chi connectivity index (χ1) is 7.76. The van der Waals surface area contributed by atoms with E-state index in [1.807, 2.05) is 12.1 Å². The Morgan fingerprint density at radius 1 is 1.31 bits per heavy atom. The van der Waals surface area contributed by atoms with E-state index in [0.717, 1.165) is 11.3 Å². The molecular formula is C14H20N2. The zero-order valence-corrected chi connectivity index (χ0v) is 10.2. The fourth-order valence-electron chi connectivity index (χ4n) is 1.68. The molecule has 0 spiro atoms. The van der Waals surface area contributed by atoms with Crippen LogP contribution in [0.4, 0.5) is 5.69 Å². The minimum Gasteiger partial charge on any atom is -0.383 e. The molecule has 1 unspecified atom stereocenters. The smallest absolute Gasteiger partial charge is 0.0669 e. The summed E-state index contributed by atoms with van der Waals surface area (Å²) in [6.07, 6.45) is 4.20. The van der Waals surface area contributed by atoms with Crippen LogP contribution in [0.2, 0.25) is 0 Å². The molecule has 0 fully saturated rings. The van der Waals surface area contributed by atoms with Crippen LogP contribution in [0.15, 0.2) is 24.3 Å². The van der Waals surface area contributed by atoms with Crippen LogP contribution in [0.1, 0.15) is 38.7 Å². The van der Waals surface area contributed by atoms with E-state index in [0.29, 0.717) is 12.5 Å². The molecule has 0 heterocycles. The van der Waals surface area contributed by atoms with Crippen molar-refractivity contribution in [2.75, 3.05) is 5.32 Å². The van der Waals surface area contributed by atoms with E-state index in [1.165, 1.54) is 19.3 Å². The number of hydrogen-bond donors (Lipinski definition) is 1. The highest BCUT2D eigenvalue weighted by molar-refractivity contribution is 5.45. The summed E-state index contributed by atoms with van der Waals surface area (Å²) in [4.78, 5) is 0. The number of hydrogen-bond acceptors (Lipinski definition) is 2. The highest BCUT2D eigenvalue weighted by Crippen LogP contribution is 2.13. The van der Waals surface area contributed by atoms with E-state index in [1.54, 1.807) is 0 Å². The number of rotatable bonds is 6. The van der Waals surface area contributed by atoms with Gasteiger partial charge < -0.3 is 5.32 Å². The fourth-order valence-corrected chi connectivity index (χ4v) is 1.68. The van der Waals surface area contributed by atoms with Crippen LogP contribution >= 0.6 is 0 Å². The van der Waals surface area contributed by atoms with Gasteiger partial charge >= 0.3 is 0 Å². The molecule has 1 aromatic rings. The Labute approximate surface area is 98.3 Å². The molecule has 16 heavy (non-hydrogen) atoms. The summed E-state index contributed by atoms with van der Waals surface area (Å²) in [6, 6.07) is 10.8.